The van der Waals surface area contributed by atoms with Crippen molar-refractivity contribution in [2.24, 2.45) is 4.99 Å². The topological polar surface area (TPSA) is 99.4 Å². The number of aromatic carboxylic acids is 1. The molecule has 0 bridgehead atoms. The van der Waals surface area contributed by atoms with E-state index in [9.17, 15) is 14.7 Å². The predicted octanol–water partition coefficient (Wildman–Crippen LogP) is 3.72. The van der Waals surface area contributed by atoms with Crippen LogP contribution in [-0.4, -0.2) is 45.8 Å². The monoisotopic (exact) mass is 398 g/mol. The minimum absolute atomic E-state index is 0.0193. The van der Waals surface area contributed by atoms with Crippen LogP contribution >= 0.6 is 11.8 Å². The number of rotatable bonds is 5. The maximum absolute atomic E-state index is 12.7. The van der Waals surface area contributed by atoms with E-state index < -0.39 is 5.97 Å². The highest BCUT2D eigenvalue weighted by Crippen LogP contribution is 2.35. The van der Waals surface area contributed by atoms with Gasteiger partial charge >= 0.3 is 5.97 Å². The quantitative estimate of drug-likeness (QED) is 0.745. The number of nitrogens with zero attached hydrogens (tertiary/aromatic N) is 2. The van der Waals surface area contributed by atoms with Crippen molar-refractivity contribution in [1.82, 2.24) is 4.90 Å². The minimum atomic E-state index is -1.04. The summed E-state index contributed by atoms with van der Waals surface area (Å²) in [7, 11) is 1.45. The van der Waals surface area contributed by atoms with Gasteiger partial charge in [0.15, 0.2) is 16.7 Å². The first-order valence-corrected chi connectivity index (χ1v) is 9.25. The van der Waals surface area contributed by atoms with Gasteiger partial charge in [-0.2, -0.15) is 0 Å². The van der Waals surface area contributed by atoms with Crippen molar-refractivity contribution < 1.29 is 24.5 Å². The molecule has 28 heavy (non-hydrogen) atoms. The van der Waals surface area contributed by atoms with Gasteiger partial charge in [-0.25, -0.2) is 9.79 Å². The van der Waals surface area contributed by atoms with E-state index in [4.69, 9.17) is 9.84 Å². The van der Waals surface area contributed by atoms with Crippen LogP contribution in [0.4, 0.5) is 5.69 Å². The molecule has 1 saturated heterocycles. The van der Waals surface area contributed by atoms with Crippen LogP contribution in [0.5, 0.6) is 11.5 Å². The number of carboxylic acid groups (broad SMARTS) is 1. The number of aliphatic imine (C=N–C) groups is 1. The molecule has 0 aromatic heterocycles. The Labute approximate surface area is 166 Å². The Kier molecular flexibility index (Phi) is 5.70. The van der Waals surface area contributed by atoms with Crippen LogP contribution in [0, 0.1) is 0 Å². The largest absolute Gasteiger partial charge is 0.504 e. The molecule has 144 valence electrons. The van der Waals surface area contributed by atoms with E-state index in [0.29, 0.717) is 33.6 Å². The molecule has 2 aromatic carbocycles. The van der Waals surface area contributed by atoms with Crippen molar-refractivity contribution >= 4 is 40.6 Å². The number of phenolic OH excluding ortho intramolecular Hbond substituents is 1. The van der Waals surface area contributed by atoms with Crippen molar-refractivity contribution in [2.45, 2.75) is 6.92 Å². The summed E-state index contributed by atoms with van der Waals surface area (Å²) in [6.07, 6.45) is 1.70. The summed E-state index contributed by atoms with van der Waals surface area (Å²) in [5.41, 5.74) is 1.29. The number of carboxylic acids is 1. The third kappa shape index (κ3) is 4.01. The molecule has 1 amide bonds. The molecule has 2 aromatic rings. The lowest BCUT2D eigenvalue weighted by Gasteiger charge is -2.12. The van der Waals surface area contributed by atoms with Crippen LogP contribution in [0.2, 0.25) is 0 Å². The number of hydrogen-bond acceptors (Lipinski definition) is 6. The van der Waals surface area contributed by atoms with Crippen molar-refractivity contribution in [3.63, 3.8) is 0 Å². The van der Waals surface area contributed by atoms with Gasteiger partial charge in [0, 0.05) is 6.54 Å². The van der Waals surface area contributed by atoms with Gasteiger partial charge in [0.2, 0.25) is 0 Å². The summed E-state index contributed by atoms with van der Waals surface area (Å²) in [6, 6.07) is 11.1. The third-order valence-electron chi connectivity index (χ3n) is 4.02. The van der Waals surface area contributed by atoms with Crippen LogP contribution < -0.4 is 4.74 Å². The maximum Gasteiger partial charge on any atom is 0.335 e. The molecule has 1 heterocycles. The smallest absolute Gasteiger partial charge is 0.335 e. The second kappa shape index (κ2) is 8.18. The number of thioether (sulfide) groups is 1. The number of aromatic hydroxyl groups is 1. The number of carbonyl (C=O) groups is 2. The molecule has 0 spiro atoms. The first-order chi connectivity index (χ1) is 13.4. The number of ether oxygens (including phenoxy) is 1. The van der Waals surface area contributed by atoms with Gasteiger partial charge < -0.3 is 14.9 Å². The molecule has 7 nitrogen and oxygen atoms in total. The first-order valence-electron chi connectivity index (χ1n) is 8.43. The zero-order valence-corrected chi connectivity index (χ0v) is 16.1. The van der Waals surface area contributed by atoms with E-state index >= 15 is 0 Å². The fraction of sp³-hybridized carbons (Fsp3) is 0.150. The van der Waals surface area contributed by atoms with Gasteiger partial charge in [-0.15, -0.1) is 0 Å². The van der Waals surface area contributed by atoms with Gasteiger partial charge in [0.25, 0.3) is 5.91 Å². The van der Waals surface area contributed by atoms with Crippen LogP contribution in [0.3, 0.4) is 0 Å². The molecule has 1 fully saturated rings. The summed E-state index contributed by atoms with van der Waals surface area (Å²) >= 11 is 1.21. The van der Waals surface area contributed by atoms with Crippen molar-refractivity contribution in [3.8, 4) is 11.5 Å². The van der Waals surface area contributed by atoms with Gasteiger partial charge in [0.1, 0.15) is 0 Å². The predicted molar refractivity (Wildman–Crippen MR) is 108 cm³/mol. The Balaban J connectivity index is 1.94. The normalized spacial score (nSPS) is 16.8. The Bertz CT molecular complexity index is 1000. The highest BCUT2D eigenvalue weighted by molar-refractivity contribution is 8.18. The van der Waals surface area contributed by atoms with E-state index in [1.54, 1.807) is 30.3 Å². The summed E-state index contributed by atoms with van der Waals surface area (Å²) in [5, 5.41) is 19.3. The zero-order valence-electron chi connectivity index (χ0n) is 15.2. The Morgan fingerprint density at radius 2 is 2.07 bits per heavy atom. The number of phenols is 1. The van der Waals surface area contributed by atoms with Crippen LogP contribution in [0.15, 0.2) is 52.4 Å². The molecule has 0 unspecified atom stereocenters. The standard InChI is InChI=1S/C20H18N2O5S/c1-3-22-18(24)17(10-12-7-8-15(23)16(9-12)27-2)28-20(22)21-14-6-4-5-13(11-14)19(25)26/h4-11,23H,3H2,1-2H3,(H,25,26)/b17-10+,21-20?. The van der Waals surface area contributed by atoms with Crippen LogP contribution in [-0.2, 0) is 4.79 Å². The molecule has 0 aliphatic carbocycles. The molecule has 8 heteroatoms. The molecular formula is C20H18N2O5S. The summed E-state index contributed by atoms with van der Waals surface area (Å²) < 4.78 is 5.10. The Morgan fingerprint density at radius 1 is 1.29 bits per heavy atom. The van der Waals surface area contributed by atoms with Crippen molar-refractivity contribution in [2.75, 3.05) is 13.7 Å². The minimum Gasteiger partial charge on any atom is -0.504 e. The van der Waals surface area contributed by atoms with Gasteiger partial charge in [0.05, 0.1) is 23.3 Å². The van der Waals surface area contributed by atoms with E-state index in [0.717, 1.165) is 0 Å². The van der Waals surface area contributed by atoms with Gasteiger partial charge in [-0.05, 0) is 60.7 Å². The van der Waals surface area contributed by atoms with E-state index in [-0.39, 0.29) is 17.2 Å². The van der Waals surface area contributed by atoms with E-state index in [1.165, 1.54) is 42.0 Å². The SMILES string of the molecule is CCN1C(=O)/C(=C\c2ccc(O)c(OC)c2)SC1=Nc1cccc(C(=O)O)c1. The second-order valence-corrected chi connectivity index (χ2v) is 6.85. The molecule has 1 aliphatic rings. The number of amides is 1. The fourth-order valence-electron chi connectivity index (χ4n) is 2.62. The molecular weight excluding hydrogens is 380 g/mol. The molecule has 1 aliphatic heterocycles. The number of carbonyl (C=O) groups excluding carboxylic acids is 1. The lowest BCUT2D eigenvalue weighted by Crippen LogP contribution is -2.28. The highest BCUT2D eigenvalue weighted by atomic mass is 32.2. The lowest BCUT2D eigenvalue weighted by atomic mass is 10.2. The van der Waals surface area contributed by atoms with Gasteiger partial charge in [-0.3, -0.25) is 9.69 Å². The first kappa shape index (κ1) is 19.5. The third-order valence-corrected chi connectivity index (χ3v) is 5.03. The summed E-state index contributed by atoms with van der Waals surface area (Å²) in [5.74, 6) is -0.888. The van der Waals surface area contributed by atoms with E-state index in [1.807, 2.05) is 6.92 Å². The number of benzene rings is 2. The Hall–Kier alpha value is -3.26. The number of methoxy groups -OCH3 is 1. The number of likely N-dealkylation sites (N-methyl/N-ethyl adjacent to an activating group) is 1. The van der Waals surface area contributed by atoms with E-state index in [2.05, 4.69) is 4.99 Å². The molecule has 0 atom stereocenters. The molecule has 2 N–H and O–H groups in total. The molecule has 0 radical (unpaired) electrons. The fourth-order valence-corrected chi connectivity index (χ4v) is 3.69. The summed E-state index contributed by atoms with van der Waals surface area (Å²) in [4.78, 5) is 30.3. The number of amidine groups is 1. The van der Waals surface area contributed by atoms with Gasteiger partial charge in [-0.1, -0.05) is 12.1 Å². The number of hydrogen-bond donors (Lipinski definition) is 2. The maximum atomic E-state index is 12.7. The van der Waals surface area contributed by atoms with Crippen molar-refractivity contribution in [1.29, 1.82) is 0 Å². The van der Waals surface area contributed by atoms with Crippen molar-refractivity contribution in [3.05, 3.63) is 58.5 Å². The van der Waals surface area contributed by atoms with Crippen LogP contribution in [0.25, 0.3) is 6.08 Å². The lowest BCUT2D eigenvalue weighted by molar-refractivity contribution is -0.122. The zero-order chi connectivity index (χ0) is 20.3. The highest BCUT2D eigenvalue weighted by Gasteiger charge is 2.32. The Morgan fingerprint density at radius 3 is 2.75 bits per heavy atom. The molecule has 0 saturated carbocycles. The molecule has 3 rings (SSSR count). The van der Waals surface area contributed by atoms with Crippen LogP contribution in [0.1, 0.15) is 22.8 Å². The average Bonchev–Trinajstić information content (AvgIpc) is 2.97. The second-order valence-electron chi connectivity index (χ2n) is 5.84. The summed E-state index contributed by atoms with van der Waals surface area (Å²) in [6.45, 7) is 2.27. The average molecular weight is 398 g/mol.